The summed E-state index contributed by atoms with van der Waals surface area (Å²) in [4.78, 5) is 13.0. The molecule has 0 saturated heterocycles. The van der Waals surface area contributed by atoms with E-state index in [0.717, 1.165) is 16.9 Å². The van der Waals surface area contributed by atoms with Gasteiger partial charge in [0.25, 0.3) is 15.9 Å². The largest absolute Gasteiger partial charge is 0.321 e. The fourth-order valence-corrected chi connectivity index (χ4v) is 4.63. The number of thiophene rings is 1. The van der Waals surface area contributed by atoms with Gasteiger partial charge in [-0.15, -0.1) is 11.3 Å². The van der Waals surface area contributed by atoms with Crippen LogP contribution in [0, 0.1) is 0 Å². The molecule has 28 heavy (non-hydrogen) atoms. The predicted octanol–water partition coefficient (Wildman–Crippen LogP) is 5.58. The monoisotopic (exact) mass is 434 g/mol. The van der Waals surface area contributed by atoms with Crippen LogP contribution < -0.4 is 10.0 Å². The molecule has 0 spiro atoms. The number of hydrogen-bond donors (Lipinski definition) is 2. The first kappa shape index (κ1) is 20.4. The van der Waals surface area contributed by atoms with Gasteiger partial charge in [0.05, 0.1) is 10.6 Å². The molecule has 8 heteroatoms. The van der Waals surface area contributed by atoms with E-state index in [-0.39, 0.29) is 15.5 Å². The average molecular weight is 435 g/mol. The fourth-order valence-electron chi connectivity index (χ4n) is 2.56. The zero-order valence-corrected chi connectivity index (χ0v) is 17.7. The maximum absolute atomic E-state index is 12.7. The van der Waals surface area contributed by atoms with Gasteiger partial charge in [-0.2, -0.15) is 0 Å². The maximum Gasteiger partial charge on any atom is 0.267 e. The van der Waals surface area contributed by atoms with Crippen LogP contribution in [0.2, 0.25) is 5.02 Å². The second-order valence-corrected chi connectivity index (χ2v) is 9.49. The Bertz CT molecular complexity index is 1090. The molecule has 0 bridgehead atoms. The van der Waals surface area contributed by atoms with E-state index in [4.69, 9.17) is 11.6 Å². The van der Waals surface area contributed by atoms with Crippen LogP contribution in [-0.2, 0) is 10.0 Å². The number of rotatable bonds is 6. The molecule has 0 saturated carbocycles. The highest BCUT2D eigenvalue weighted by molar-refractivity contribution is 7.92. The minimum absolute atomic E-state index is 0.143. The third-order valence-electron chi connectivity index (χ3n) is 4.06. The van der Waals surface area contributed by atoms with Gasteiger partial charge in [0.2, 0.25) is 0 Å². The van der Waals surface area contributed by atoms with Crippen molar-refractivity contribution in [1.29, 1.82) is 0 Å². The summed E-state index contributed by atoms with van der Waals surface area (Å²) in [6, 6.07) is 15.0. The van der Waals surface area contributed by atoms with E-state index in [1.54, 1.807) is 60.0 Å². The van der Waals surface area contributed by atoms with E-state index in [1.807, 2.05) is 13.8 Å². The number of carbonyl (C=O) groups is 1. The molecule has 0 fully saturated rings. The summed E-state index contributed by atoms with van der Waals surface area (Å²) in [5.74, 6) is -0.103. The number of anilines is 2. The molecule has 3 aromatic rings. The van der Waals surface area contributed by atoms with Crippen LogP contribution in [0.4, 0.5) is 11.4 Å². The standard InChI is InChI=1S/C20H19ClN2O3S2/c1-13(2)14-6-8-17(9-7-14)28(25,26)23-18-10-11-27-19(18)20(24)22-16-5-3-4-15(21)12-16/h3-13,23H,1-2H3,(H,22,24). The van der Waals surface area contributed by atoms with Gasteiger partial charge in [0.1, 0.15) is 4.88 Å². The number of carbonyl (C=O) groups excluding carboxylic acids is 1. The smallest absolute Gasteiger partial charge is 0.267 e. The molecule has 0 unspecified atom stereocenters. The molecule has 0 radical (unpaired) electrons. The minimum atomic E-state index is -3.81. The lowest BCUT2D eigenvalue weighted by molar-refractivity contribution is 0.103. The first-order valence-electron chi connectivity index (χ1n) is 8.53. The zero-order chi connectivity index (χ0) is 20.3. The van der Waals surface area contributed by atoms with Gasteiger partial charge in [0, 0.05) is 10.7 Å². The van der Waals surface area contributed by atoms with Crippen molar-refractivity contribution in [3.8, 4) is 0 Å². The highest BCUT2D eigenvalue weighted by atomic mass is 35.5. The van der Waals surface area contributed by atoms with Crippen LogP contribution in [0.1, 0.15) is 35.0 Å². The van der Waals surface area contributed by atoms with Crippen molar-refractivity contribution in [2.45, 2.75) is 24.7 Å². The third kappa shape index (κ3) is 4.73. The molecule has 1 heterocycles. The molecular formula is C20H19ClN2O3S2. The van der Waals surface area contributed by atoms with Crippen molar-refractivity contribution in [1.82, 2.24) is 0 Å². The van der Waals surface area contributed by atoms with Crippen LogP contribution in [0.25, 0.3) is 0 Å². The van der Waals surface area contributed by atoms with Gasteiger partial charge in [-0.1, -0.05) is 43.6 Å². The molecule has 2 aromatic carbocycles. The van der Waals surface area contributed by atoms with Crippen molar-refractivity contribution in [3.63, 3.8) is 0 Å². The van der Waals surface area contributed by atoms with Crippen molar-refractivity contribution >= 4 is 50.2 Å². The quantitative estimate of drug-likeness (QED) is 0.531. The number of halogens is 1. The summed E-state index contributed by atoms with van der Waals surface area (Å²) in [5, 5.41) is 4.88. The summed E-state index contributed by atoms with van der Waals surface area (Å²) in [6.07, 6.45) is 0. The first-order chi connectivity index (χ1) is 13.3. The van der Waals surface area contributed by atoms with Gasteiger partial charge in [-0.05, 0) is 53.3 Å². The Morgan fingerprint density at radius 1 is 1.07 bits per heavy atom. The summed E-state index contributed by atoms with van der Waals surface area (Å²) in [6.45, 7) is 4.08. The van der Waals surface area contributed by atoms with E-state index >= 15 is 0 Å². The van der Waals surface area contributed by atoms with Gasteiger partial charge in [0.15, 0.2) is 0 Å². The third-order valence-corrected chi connectivity index (χ3v) is 6.59. The van der Waals surface area contributed by atoms with Crippen molar-refractivity contribution in [2.24, 2.45) is 0 Å². The molecule has 0 aliphatic heterocycles. The Hall–Kier alpha value is -2.35. The van der Waals surface area contributed by atoms with Crippen molar-refractivity contribution in [3.05, 3.63) is 75.4 Å². The normalized spacial score (nSPS) is 11.4. The molecule has 2 N–H and O–H groups in total. The lowest BCUT2D eigenvalue weighted by Gasteiger charge is -2.11. The molecule has 1 aromatic heterocycles. The molecule has 0 aliphatic rings. The summed E-state index contributed by atoms with van der Waals surface area (Å²) in [5.41, 5.74) is 1.82. The molecule has 0 aliphatic carbocycles. The molecule has 3 rings (SSSR count). The van der Waals surface area contributed by atoms with Crippen LogP contribution in [0.15, 0.2) is 64.9 Å². The first-order valence-corrected chi connectivity index (χ1v) is 11.3. The highest BCUT2D eigenvalue weighted by Crippen LogP contribution is 2.27. The van der Waals surface area contributed by atoms with Crippen LogP contribution in [0.3, 0.4) is 0 Å². The second kappa shape index (κ2) is 8.34. The minimum Gasteiger partial charge on any atom is -0.321 e. The van der Waals surface area contributed by atoms with Gasteiger partial charge >= 0.3 is 0 Å². The van der Waals surface area contributed by atoms with Gasteiger partial charge in [-0.3, -0.25) is 9.52 Å². The second-order valence-electron chi connectivity index (χ2n) is 6.46. The molecule has 0 atom stereocenters. The fraction of sp³-hybridized carbons (Fsp3) is 0.150. The summed E-state index contributed by atoms with van der Waals surface area (Å²) >= 11 is 7.08. The van der Waals surface area contributed by atoms with Crippen LogP contribution in [0.5, 0.6) is 0 Å². The number of amides is 1. The summed E-state index contributed by atoms with van der Waals surface area (Å²) in [7, 11) is -3.81. The van der Waals surface area contributed by atoms with Gasteiger partial charge < -0.3 is 5.32 Å². The molecule has 1 amide bonds. The van der Waals surface area contributed by atoms with Crippen molar-refractivity contribution < 1.29 is 13.2 Å². The van der Waals surface area contributed by atoms with E-state index in [2.05, 4.69) is 10.0 Å². The number of nitrogens with one attached hydrogen (secondary N) is 2. The Kier molecular flexibility index (Phi) is 6.07. The average Bonchev–Trinajstić information content (AvgIpc) is 3.09. The van der Waals surface area contributed by atoms with E-state index in [1.165, 1.54) is 0 Å². The zero-order valence-electron chi connectivity index (χ0n) is 15.3. The Morgan fingerprint density at radius 2 is 1.79 bits per heavy atom. The molecular weight excluding hydrogens is 416 g/mol. The Morgan fingerprint density at radius 3 is 2.43 bits per heavy atom. The molecule has 5 nitrogen and oxygen atoms in total. The number of sulfonamides is 1. The Balaban J connectivity index is 1.80. The van der Waals surface area contributed by atoms with Crippen LogP contribution >= 0.6 is 22.9 Å². The number of benzene rings is 2. The molecule has 146 valence electrons. The lowest BCUT2D eigenvalue weighted by atomic mass is 10.0. The van der Waals surface area contributed by atoms with E-state index in [0.29, 0.717) is 16.6 Å². The Labute approximate surface area is 173 Å². The summed E-state index contributed by atoms with van der Waals surface area (Å²) < 4.78 is 27.9. The van der Waals surface area contributed by atoms with Crippen molar-refractivity contribution in [2.75, 3.05) is 10.0 Å². The number of hydrogen-bond acceptors (Lipinski definition) is 4. The van der Waals surface area contributed by atoms with E-state index in [9.17, 15) is 13.2 Å². The van der Waals surface area contributed by atoms with E-state index < -0.39 is 15.9 Å². The highest BCUT2D eigenvalue weighted by Gasteiger charge is 2.20. The predicted molar refractivity (Wildman–Crippen MR) is 115 cm³/mol. The van der Waals surface area contributed by atoms with Gasteiger partial charge in [-0.25, -0.2) is 8.42 Å². The maximum atomic E-state index is 12.7. The SMILES string of the molecule is CC(C)c1ccc(S(=O)(=O)Nc2ccsc2C(=O)Nc2cccc(Cl)c2)cc1. The lowest BCUT2D eigenvalue weighted by Crippen LogP contribution is -2.17. The van der Waals surface area contributed by atoms with Crippen LogP contribution in [-0.4, -0.2) is 14.3 Å². The topological polar surface area (TPSA) is 75.3 Å².